The molecule has 0 aromatic rings. The summed E-state index contributed by atoms with van der Waals surface area (Å²) in [6, 6.07) is -0.196. The van der Waals surface area contributed by atoms with Crippen LogP contribution in [0, 0.1) is 5.92 Å². The lowest BCUT2D eigenvalue weighted by Gasteiger charge is -2.27. The van der Waals surface area contributed by atoms with Crippen LogP contribution in [0.15, 0.2) is 14.9 Å². The molecule has 0 saturated carbocycles. The smallest absolute Gasteiger partial charge is 0.238 e. The van der Waals surface area contributed by atoms with E-state index >= 15 is 0 Å². The number of nitrogens with one attached hydrogen (secondary N) is 1. The average molecular weight is 374 g/mol. The lowest BCUT2D eigenvalue weighted by Crippen LogP contribution is -2.45. The summed E-state index contributed by atoms with van der Waals surface area (Å²) in [6.45, 7) is 0.746. The summed E-state index contributed by atoms with van der Waals surface area (Å²) in [6.07, 6.45) is 3.73. The predicted octanol–water partition coefficient (Wildman–Crippen LogP) is 0.464. The van der Waals surface area contributed by atoms with Gasteiger partial charge in [-0.25, -0.2) is 0 Å². The maximum absolute atomic E-state index is 12.3. The SMILES string of the molecule is O=C(C[C@@H]1NCC[C@H]1O)CN1C=NC2SC(Br)=CC2C1=O. The van der Waals surface area contributed by atoms with Gasteiger partial charge in [0, 0.05) is 16.3 Å². The fourth-order valence-corrected chi connectivity index (χ4v) is 4.52. The molecular weight excluding hydrogens is 358 g/mol. The van der Waals surface area contributed by atoms with Gasteiger partial charge in [-0.2, -0.15) is 0 Å². The zero-order chi connectivity index (χ0) is 15.0. The van der Waals surface area contributed by atoms with Gasteiger partial charge in [0.15, 0.2) is 5.78 Å². The molecule has 1 fully saturated rings. The molecule has 114 valence electrons. The number of carbonyl (C=O) groups excluding carboxylic acids is 2. The summed E-state index contributed by atoms with van der Waals surface area (Å²) < 4.78 is 0.912. The Balaban J connectivity index is 1.59. The highest BCUT2D eigenvalue weighted by atomic mass is 79.9. The van der Waals surface area contributed by atoms with Crippen molar-refractivity contribution in [2.45, 2.75) is 30.4 Å². The predicted molar refractivity (Wildman–Crippen MR) is 84.1 cm³/mol. The third-order valence-corrected chi connectivity index (χ3v) is 5.72. The van der Waals surface area contributed by atoms with Crippen LogP contribution in [-0.2, 0) is 9.59 Å². The molecule has 8 heteroatoms. The van der Waals surface area contributed by atoms with E-state index in [0.29, 0.717) is 6.42 Å². The van der Waals surface area contributed by atoms with E-state index in [-0.39, 0.29) is 42.0 Å². The normalized spacial score (nSPS) is 35.0. The second-order valence-corrected chi connectivity index (χ2v) is 7.93. The zero-order valence-electron chi connectivity index (χ0n) is 11.2. The molecule has 3 aliphatic rings. The summed E-state index contributed by atoms with van der Waals surface area (Å²) in [5.74, 6) is -0.456. The molecule has 3 heterocycles. The van der Waals surface area contributed by atoms with Gasteiger partial charge in [0.1, 0.15) is 5.37 Å². The number of thioether (sulfide) groups is 1. The van der Waals surface area contributed by atoms with Crippen LogP contribution in [0.3, 0.4) is 0 Å². The summed E-state index contributed by atoms with van der Waals surface area (Å²) in [5.41, 5.74) is 0. The van der Waals surface area contributed by atoms with Crippen molar-refractivity contribution in [2.24, 2.45) is 10.9 Å². The third-order valence-electron chi connectivity index (χ3n) is 3.88. The lowest BCUT2D eigenvalue weighted by atomic mass is 10.0. The van der Waals surface area contributed by atoms with Crippen LogP contribution in [0.4, 0.5) is 0 Å². The van der Waals surface area contributed by atoms with E-state index in [9.17, 15) is 14.7 Å². The third kappa shape index (κ3) is 3.23. The van der Waals surface area contributed by atoms with Gasteiger partial charge in [0.05, 0.1) is 24.9 Å². The Morgan fingerprint density at radius 2 is 2.43 bits per heavy atom. The van der Waals surface area contributed by atoms with Gasteiger partial charge in [0.25, 0.3) is 0 Å². The van der Waals surface area contributed by atoms with Crippen molar-refractivity contribution in [2.75, 3.05) is 13.1 Å². The first-order valence-electron chi connectivity index (χ1n) is 6.85. The van der Waals surface area contributed by atoms with Crippen LogP contribution in [-0.4, -0.2) is 58.6 Å². The monoisotopic (exact) mass is 373 g/mol. The van der Waals surface area contributed by atoms with Crippen molar-refractivity contribution >= 4 is 45.7 Å². The van der Waals surface area contributed by atoms with Crippen LogP contribution < -0.4 is 5.32 Å². The fourth-order valence-electron chi connectivity index (χ4n) is 2.74. The topological polar surface area (TPSA) is 82.0 Å². The molecule has 4 atom stereocenters. The molecule has 6 nitrogen and oxygen atoms in total. The first kappa shape index (κ1) is 15.2. The Hall–Kier alpha value is -0.700. The number of fused-ring (bicyclic) bond motifs is 1. The minimum absolute atomic E-state index is 0.0204. The highest BCUT2D eigenvalue weighted by molar-refractivity contribution is 9.14. The van der Waals surface area contributed by atoms with Gasteiger partial charge >= 0.3 is 0 Å². The van der Waals surface area contributed by atoms with Crippen molar-refractivity contribution in [3.63, 3.8) is 0 Å². The van der Waals surface area contributed by atoms with E-state index in [1.54, 1.807) is 0 Å². The molecule has 1 saturated heterocycles. The summed E-state index contributed by atoms with van der Waals surface area (Å²) in [4.78, 5) is 30.1. The quantitative estimate of drug-likeness (QED) is 0.748. The Kier molecular flexibility index (Phi) is 4.49. The number of hydrogen-bond acceptors (Lipinski definition) is 6. The van der Waals surface area contributed by atoms with E-state index in [4.69, 9.17) is 0 Å². The second-order valence-electron chi connectivity index (χ2n) is 5.40. The van der Waals surface area contributed by atoms with Crippen molar-refractivity contribution in [1.82, 2.24) is 10.2 Å². The number of aliphatic hydroxyl groups excluding tert-OH is 1. The van der Waals surface area contributed by atoms with Gasteiger partial charge in [0.2, 0.25) is 5.91 Å². The standard InChI is InChI=1S/C13H16BrN3O3S/c14-11-4-8-12(21-11)16-6-17(13(8)20)5-7(18)3-9-10(19)1-2-15-9/h4,6,8-10,12,15,19H,1-3,5H2/t8?,9-,10+,12?/m0/s1. The number of amides is 1. The largest absolute Gasteiger partial charge is 0.391 e. The molecule has 1 amide bonds. The number of hydrogen-bond donors (Lipinski definition) is 2. The number of halogens is 1. The zero-order valence-corrected chi connectivity index (χ0v) is 13.6. The number of aliphatic hydroxyl groups is 1. The lowest BCUT2D eigenvalue weighted by molar-refractivity contribution is -0.134. The Morgan fingerprint density at radius 3 is 3.14 bits per heavy atom. The number of rotatable bonds is 4. The number of Topliss-reactive ketones (excluding diaryl/α,β-unsaturated/α-hetero) is 1. The molecule has 21 heavy (non-hydrogen) atoms. The van der Waals surface area contributed by atoms with Crippen molar-refractivity contribution in [3.8, 4) is 0 Å². The van der Waals surface area contributed by atoms with E-state index in [1.807, 2.05) is 6.08 Å². The number of ketones is 1. The van der Waals surface area contributed by atoms with Gasteiger partial charge < -0.3 is 10.4 Å². The Labute approximate surface area is 135 Å². The highest BCUT2D eigenvalue weighted by Crippen LogP contribution is 2.42. The van der Waals surface area contributed by atoms with Crippen molar-refractivity contribution in [3.05, 3.63) is 9.89 Å². The van der Waals surface area contributed by atoms with Crippen LogP contribution in [0.2, 0.25) is 0 Å². The molecule has 0 radical (unpaired) electrons. The van der Waals surface area contributed by atoms with Gasteiger partial charge in [-0.1, -0.05) is 11.8 Å². The minimum Gasteiger partial charge on any atom is -0.391 e. The minimum atomic E-state index is -0.478. The van der Waals surface area contributed by atoms with Crippen LogP contribution in [0.1, 0.15) is 12.8 Å². The molecule has 2 unspecified atom stereocenters. The summed E-state index contributed by atoms with van der Waals surface area (Å²) in [5, 5.41) is 12.7. The molecule has 3 rings (SSSR count). The van der Waals surface area contributed by atoms with Crippen LogP contribution in [0.5, 0.6) is 0 Å². The van der Waals surface area contributed by atoms with Crippen molar-refractivity contribution < 1.29 is 14.7 Å². The molecule has 0 aliphatic carbocycles. The van der Waals surface area contributed by atoms with E-state index in [2.05, 4.69) is 26.2 Å². The first-order valence-corrected chi connectivity index (χ1v) is 8.53. The maximum atomic E-state index is 12.3. The number of nitrogens with zero attached hydrogens (tertiary/aromatic N) is 2. The van der Waals surface area contributed by atoms with E-state index in [0.717, 1.165) is 10.4 Å². The maximum Gasteiger partial charge on any atom is 0.238 e. The van der Waals surface area contributed by atoms with E-state index in [1.165, 1.54) is 23.0 Å². The van der Waals surface area contributed by atoms with Crippen molar-refractivity contribution in [1.29, 1.82) is 0 Å². The van der Waals surface area contributed by atoms with Gasteiger partial charge in [-0.15, -0.1) is 0 Å². The summed E-state index contributed by atoms with van der Waals surface area (Å²) in [7, 11) is 0. The fraction of sp³-hybridized carbons (Fsp3) is 0.615. The molecular formula is C13H16BrN3O3S. The first-order chi connectivity index (χ1) is 10.0. The molecule has 0 bridgehead atoms. The molecule has 0 aromatic carbocycles. The van der Waals surface area contributed by atoms with Gasteiger partial charge in [-0.3, -0.25) is 19.5 Å². The Bertz CT molecular complexity index is 525. The number of aliphatic imine (C=N–C) groups is 1. The number of carbonyl (C=O) groups is 2. The average Bonchev–Trinajstić information content (AvgIpc) is 3.00. The Morgan fingerprint density at radius 1 is 1.62 bits per heavy atom. The highest BCUT2D eigenvalue weighted by Gasteiger charge is 2.38. The molecule has 0 aromatic heterocycles. The molecule has 0 spiro atoms. The second kappa shape index (κ2) is 6.20. The molecule has 3 aliphatic heterocycles. The summed E-state index contributed by atoms with van der Waals surface area (Å²) >= 11 is 4.87. The van der Waals surface area contributed by atoms with Crippen LogP contribution >= 0.6 is 27.7 Å². The van der Waals surface area contributed by atoms with Crippen LogP contribution in [0.25, 0.3) is 0 Å². The van der Waals surface area contributed by atoms with Gasteiger partial charge in [-0.05, 0) is 35.0 Å². The van der Waals surface area contributed by atoms with E-state index < -0.39 is 6.10 Å². The molecule has 2 N–H and O–H groups in total.